The maximum Gasteiger partial charge on any atom is 0.319 e. The number of aryl methyl sites for hydroxylation is 1. The van der Waals surface area contributed by atoms with E-state index in [1.165, 1.54) is 5.56 Å². The number of rotatable bonds is 6. The van der Waals surface area contributed by atoms with Gasteiger partial charge in [0.2, 0.25) is 0 Å². The SMILES string of the molecule is Cc1cc(Cl)ccc1OCCNC(=O)Nc1ccc(C(C)C)cc1. The molecule has 5 heteroatoms. The number of amides is 2. The Kier molecular flexibility index (Phi) is 6.50. The van der Waals surface area contributed by atoms with Crippen molar-refractivity contribution in [1.29, 1.82) is 0 Å². The summed E-state index contributed by atoms with van der Waals surface area (Å²) < 4.78 is 5.63. The van der Waals surface area contributed by atoms with Crippen molar-refractivity contribution in [2.75, 3.05) is 18.5 Å². The number of anilines is 1. The summed E-state index contributed by atoms with van der Waals surface area (Å²) in [7, 11) is 0. The van der Waals surface area contributed by atoms with E-state index in [-0.39, 0.29) is 6.03 Å². The van der Waals surface area contributed by atoms with Crippen molar-refractivity contribution in [3.8, 4) is 5.75 Å². The van der Waals surface area contributed by atoms with Crippen molar-refractivity contribution in [2.24, 2.45) is 0 Å². The monoisotopic (exact) mass is 346 g/mol. The van der Waals surface area contributed by atoms with E-state index in [1.54, 1.807) is 6.07 Å². The molecule has 0 aliphatic carbocycles. The smallest absolute Gasteiger partial charge is 0.319 e. The molecule has 0 aliphatic rings. The Balaban J connectivity index is 1.73. The van der Waals surface area contributed by atoms with Crippen molar-refractivity contribution in [3.05, 3.63) is 58.6 Å². The third kappa shape index (κ3) is 5.46. The molecule has 24 heavy (non-hydrogen) atoms. The van der Waals surface area contributed by atoms with E-state index in [4.69, 9.17) is 16.3 Å². The van der Waals surface area contributed by atoms with Crippen molar-refractivity contribution >= 4 is 23.3 Å². The Hall–Kier alpha value is -2.20. The lowest BCUT2D eigenvalue weighted by molar-refractivity contribution is 0.247. The van der Waals surface area contributed by atoms with Crippen LogP contribution in [-0.4, -0.2) is 19.2 Å². The predicted octanol–water partition coefficient (Wildman–Crippen LogP) is 4.97. The second-order valence-electron chi connectivity index (χ2n) is 5.92. The molecule has 0 aromatic heterocycles. The highest BCUT2D eigenvalue weighted by molar-refractivity contribution is 6.30. The standard InChI is InChI=1S/C19H23ClN2O2/c1-13(2)15-4-7-17(8-5-15)22-19(23)21-10-11-24-18-9-6-16(20)12-14(18)3/h4-9,12-13H,10-11H2,1-3H3,(H2,21,22,23). The summed E-state index contributed by atoms with van der Waals surface area (Å²) >= 11 is 5.90. The number of benzene rings is 2. The van der Waals surface area contributed by atoms with Gasteiger partial charge in [-0.1, -0.05) is 37.6 Å². The van der Waals surface area contributed by atoms with E-state index in [0.717, 1.165) is 17.0 Å². The molecule has 0 heterocycles. The summed E-state index contributed by atoms with van der Waals surface area (Å²) in [5.41, 5.74) is 2.98. The van der Waals surface area contributed by atoms with Crippen LogP contribution in [0.4, 0.5) is 10.5 Å². The molecule has 2 amide bonds. The zero-order valence-electron chi connectivity index (χ0n) is 14.2. The molecule has 2 aromatic rings. The average Bonchev–Trinajstić information content (AvgIpc) is 2.53. The fourth-order valence-corrected chi connectivity index (χ4v) is 2.45. The third-order valence-electron chi connectivity index (χ3n) is 3.62. The van der Waals surface area contributed by atoms with Crippen LogP contribution >= 0.6 is 11.6 Å². The first-order valence-corrected chi connectivity index (χ1v) is 8.37. The molecule has 2 N–H and O–H groups in total. The Morgan fingerprint density at radius 3 is 2.50 bits per heavy atom. The van der Waals surface area contributed by atoms with Gasteiger partial charge in [0.15, 0.2) is 0 Å². The Bertz CT molecular complexity index is 684. The van der Waals surface area contributed by atoms with Crippen molar-refractivity contribution in [3.63, 3.8) is 0 Å². The van der Waals surface area contributed by atoms with Gasteiger partial charge in [0.25, 0.3) is 0 Å². The van der Waals surface area contributed by atoms with Crippen molar-refractivity contribution < 1.29 is 9.53 Å². The van der Waals surface area contributed by atoms with Gasteiger partial charge in [-0.25, -0.2) is 4.79 Å². The van der Waals surface area contributed by atoms with Gasteiger partial charge in [-0.3, -0.25) is 0 Å². The van der Waals surface area contributed by atoms with E-state index in [2.05, 4.69) is 24.5 Å². The Labute approximate surface area is 148 Å². The molecule has 2 rings (SSSR count). The van der Waals surface area contributed by atoms with E-state index < -0.39 is 0 Å². The van der Waals surface area contributed by atoms with Crippen LogP contribution in [0.3, 0.4) is 0 Å². The quantitative estimate of drug-likeness (QED) is 0.725. The first-order valence-electron chi connectivity index (χ1n) is 7.99. The number of halogens is 1. The first kappa shape index (κ1) is 18.1. The predicted molar refractivity (Wildman–Crippen MR) is 99.2 cm³/mol. The normalized spacial score (nSPS) is 10.5. The first-order chi connectivity index (χ1) is 11.5. The largest absolute Gasteiger partial charge is 0.491 e. The molecule has 0 atom stereocenters. The zero-order chi connectivity index (χ0) is 17.5. The van der Waals surface area contributed by atoms with Crippen LogP contribution in [0.2, 0.25) is 5.02 Å². The van der Waals surface area contributed by atoms with E-state index >= 15 is 0 Å². The molecule has 0 radical (unpaired) electrons. The minimum Gasteiger partial charge on any atom is -0.491 e. The zero-order valence-corrected chi connectivity index (χ0v) is 15.0. The fraction of sp³-hybridized carbons (Fsp3) is 0.316. The highest BCUT2D eigenvalue weighted by Gasteiger charge is 2.04. The van der Waals surface area contributed by atoms with Crippen LogP contribution in [-0.2, 0) is 0 Å². The number of ether oxygens (including phenoxy) is 1. The van der Waals surface area contributed by atoms with Crippen LogP contribution in [0.25, 0.3) is 0 Å². The lowest BCUT2D eigenvalue weighted by Crippen LogP contribution is -2.32. The maximum absolute atomic E-state index is 11.9. The lowest BCUT2D eigenvalue weighted by Gasteiger charge is -2.11. The summed E-state index contributed by atoms with van der Waals surface area (Å²) in [5, 5.41) is 6.25. The molecule has 0 saturated carbocycles. The molecule has 2 aromatic carbocycles. The highest BCUT2D eigenvalue weighted by Crippen LogP contribution is 2.21. The number of nitrogens with one attached hydrogen (secondary N) is 2. The van der Waals surface area contributed by atoms with Gasteiger partial charge in [0.1, 0.15) is 12.4 Å². The molecular weight excluding hydrogens is 324 g/mol. The molecule has 0 saturated heterocycles. The molecule has 0 unspecified atom stereocenters. The van der Waals surface area contributed by atoms with Crippen molar-refractivity contribution in [1.82, 2.24) is 5.32 Å². The molecule has 4 nitrogen and oxygen atoms in total. The maximum atomic E-state index is 11.9. The van der Waals surface area contributed by atoms with Gasteiger partial charge in [-0.15, -0.1) is 0 Å². The summed E-state index contributed by atoms with van der Waals surface area (Å²) in [6, 6.07) is 13.1. The topological polar surface area (TPSA) is 50.4 Å². The minimum atomic E-state index is -0.247. The molecule has 0 aliphatic heterocycles. The lowest BCUT2D eigenvalue weighted by atomic mass is 10.0. The summed E-state index contributed by atoms with van der Waals surface area (Å²) in [5.74, 6) is 1.24. The minimum absolute atomic E-state index is 0.247. The van der Waals surface area contributed by atoms with Crippen molar-refractivity contribution in [2.45, 2.75) is 26.7 Å². The van der Waals surface area contributed by atoms with Gasteiger partial charge in [0.05, 0.1) is 6.54 Å². The molecule has 128 valence electrons. The van der Waals surface area contributed by atoms with Crippen LogP contribution < -0.4 is 15.4 Å². The number of hydrogen-bond acceptors (Lipinski definition) is 2. The third-order valence-corrected chi connectivity index (χ3v) is 3.85. The second-order valence-corrected chi connectivity index (χ2v) is 6.35. The Morgan fingerprint density at radius 1 is 1.17 bits per heavy atom. The van der Waals surface area contributed by atoms with Crippen LogP contribution in [0.15, 0.2) is 42.5 Å². The van der Waals surface area contributed by atoms with Gasteiger partial charge < -0.3 is 15.4 Å². The fourth-order valence-electron chi connectivity index (χ4n) is 2.23. The number of urea groups is 1. The summed E-state index contributed by atoms with van der Waals surface area (Å²) in [6.45, 7) is 7.01. The van der Waals surface area contributed by atoms with Crippen LogP contribution in [0.5, 0.6) is 5.75 Å². The average molecular weight is 347 g/mol. The van der Waals surface area contributed by atoms with Gasteiger partial charge >= 0.3 is 6.03 Å². The highest BCUT2D eigenvalue weighted by atomic mass is 35.5. The van der Waals surface area contributed by atoms with Crippen LogP contribution in [0.1, 0.15) is 30.9 Å². The van der Waals surface area contributed by atoms with Gasteiger partial charge in [-0.05, 0) is 54.3 Å². The van der Waals surface area contributed by atoms with E-state index in [9.17, 15) is 4.79 Å². The molecule has 0 fully saturated rings. The van der Waals surface area contributed by atoms with Gasteiger partial charge in [0, 0.05) is 10.7 Å². The van der Waals surface area contributed by atoms with E-state index in [0.29, 0.717) is 24.1 Å². The van der Waals surface area contributed by atoms with Gasteiger partial charge in [-0.2, -0.15) is 0 Å². The van der Waals surface area contributed by atoms with Crippen LogP contribution in [0, 0.1) is 6.92 Å². The van der Waals surface area contributed by atoms with E-state index in [1.807, 2.05) is 43.3 Å². The summed E-state index contributed by atoms with van der Waals surface area (Å²) in [4.78, 5) is 11.9. The number of hydrogen-bond donors (Lipinski definition) is 2. The Morgan fingerprint density at radius 2 is 1.88 bits per heavy atom. The second kappa shape index (κ2) is 8.60. The molecule has 0 bridgehead atoms. The molecule has 0 spiro atoms. The number of carbonyl (C=O) groups is 1. The number of carbonyl (C=O) groups excluding carboxylic acids is 1. The molecular formula is C19H23ClN2O2. The summed E-state index contributed by atoms with van der Waals surface area (Å²) in [6.07, 6.45) is 0.